The highest BCUT2D eigenvalue weighted by Gasteiger charge is 2.32. The van der Waals surface area contributed by atoms with Gasteiger partial charge in [-0.2, -0.15) is 4.31 Å². The number of halogens is 3. The summed E-state index contributed by atoms with van der Waals surface area (Å²) in [6.45, 7) is 0.128. The smallest absolute Gasteiger partial charge is 0.241 e. The highest BCUT2D eigenvalue weighted by atomic mass is 32.2. The molecule has 12 heteroatoms. The fourth-order valence-electron chi connectivity index (χ4n) is 3.45. The molecule has 160 valence electrons. The van der Waals surface area contributed by atoms with E-state index < -0.39 is 39.6 Å². The molecule has 1 aliphatic rings. The van der Waals surface area contributed by atoms with Gasteiger partial charge in [-0.1, -0.05) is 0 Å². The normalized spacial score (nSPS) is 20.6. The second kappa shape index (κ2) is 7.52. The SMILES string of the molecule is CS(=O)(=O)N1CC[C@@H](Nc2ncc3c(F)cc(-c4ccc(F)cc4F)n3n2)[C@H](O)C1. The van der Waals surface area contributed by atoms with E-state index in [9.17, 15) is 26.7 Å². The Morgan fingerprint density at radius 3 is 2.63 bits per heavy atom. The van der Waals surface area contributed by atoms with Crippen molar-refractivity contribution in [2.24, 2.45) is 0 Å². The minimum absolute atomic E-state index is 0.00767. The van der Waals surface area contributed by atoms with Crippen LogP contribution in [0, 0.1) is 17.5 Å². The lowest BCUT2D eigenvalue weighted by molar-refractivity contribution is 0.0950. The van der Waals surface area contributed by atoms with Gasteiger partial charge in [0.1, 0.15) is 17.2 Å². The Balaban J connectivity index is 1.64. The number of piperidine rings is 1. The second-order valence-electron chi connectivity index (χ2n) is 7.11. The first kappa shape index (κ1) is 20.6. The molecule has 0 saturated carbocycles. The maximum absolute atomic E-state index is 14.3. The van der Waals surface area contributed by atoms with E-state index in [1.165, 1.54) is 16.6 Å². The zero-order valence-electron chi connectivity index (χ0n) is 15.8. The number of nitrogens with one attached hydrogen (secondary N) is 1. The van der Waals surface area contributed by atoms with Gasteiger partial charge in [-0.3, -0.25) is 0 Å². The molecule has 0 radical (unpaired) electrons. The Labute approximate surface area is 170 Å². The number of aromatic nitrogens is 3. The Hall–Kier alpha value is -2.70. The largest absolute Gasteiger partial charge is 0.390 e. The molecule has 1 fully saturated rings. The Bertz CT molecular complexity index is 1220. The topological polar surface area (TPSA) is 99.8 Å². The lowest BCUT2D eigenvalue weighted by Gasteiger charge is -2.34. The third-order valence-corrected chi connectivity index (χ3v) is 6.27. The molecule has 2 aromatic heterocycles. The number of hydrogen-bond acceptors (Lipinski definition) is 6. The number of rotatable bonds is 4. The van der Waals surface area contributed by atoms with E-state index in [2.05, 4.69) is 15.4 Å². The molecule has 3 aromatic rings. The van der Waals surface area contributed by atoms with Crippen LogP contribution in [0.4, 0.5) is 19.1 Å². The molecule has 30 heavy (non-hydrogen) atoms. The molecule has 0 aliphatic carbocycles. The predicted molar refractivity (Wildman–Crippen MR) is 103 cm³/mol. The van der Waals surface area contributed by atoms with E-state index in [4.69, 9.17) is 0 Å². The summed E-state index contributed by atoms with van der Waals surface area (Å²) in [5.41, 5.74) is 0.0195. The van der Waals surface area contributed by atoms with Gasteiger partial charge in [0.25, 0.3) is 0 Å². The van der Waals surface area contributed by atoms with Crippen LogP contribution in [0.15, 0.2) is 30.5 Å². The summed E-state index contributed by atoms with van der Waals surface area (Å²) in [6, 6.07) is 3.47. The maximum Gasteiger partial charge on any atom is 0.241 e. The fraction of sp³-hybridized carbons (Fsp3) is 0.333. The van der Waals surface area contributed by atoms with Crippen molar-refractivity contribution >= 4 is 21.5 Å². The Kier molecular flexibility index (Phi) is 5.16. The van der Waals surface area contributed by atoms with Gasteiger partial charge in [0.05, 0.1) is 30.3 Å². The van der Waals surface area contributed by atoms with Crippen molar-refractivity contribution in [1.82, 2.24) is 18.9 Å². The number of aliphatic hydroxyl groups excluding tert-OH is 1. The zero-order chi connectivity index (χ0) is 21.6. The lowest BCUT2D eigenvalue weighted by atomic mass is 10.0. The monoisotopic (exact) mass is 441 g/mol. The molecule has 0 amide bonds. The fourth-order valence-corrected chi connectivity index (χ4v) is 4.31. The molecule has 0 unspecified atom stereocenters. The number of anilines is 1. The number of fused-ring (bicyclic) bond motifs is 1. The summed E-state index contributed by atoms with van der Waals surface area (Å²) in [5.74, 6) is -2.27. The quantitative estimate of drug-likeness (QED) is 0.638. The molecule has 3 heterocycles. The van der Waals surface area contributed by atoms with E-state index in [0.717, 1.165) is 22.9 Å². The molecule has 1 aliphatic heterocycles. The van der Waals surface area contributed by atoms with Crippen molar-refractivity contribution in [3.05, 3.63) is 47.9 Å². The summed E-state index contributed by atoms with van der Waals surface area (Å²) >= 11 is 0. The summed E-state index contributed by atoms with van der Waals surface area (Å²) in [4.78, 5) is 4.03. The average Bonchev–Trinajstić information content (AvgIpc) is 2.98. The van der Waals surface area contributed by atoms with E-state index >= 15 is 0 Å². The van der Waals surface area contributed by atoms with Gasteiger partial charge < -0.3 is 10.4 Å². The molecule has 0 spiro atoms. The maximum atomic E-state index is 14.3. The van der Waals surface area contributed by atoms with Crippen molar-refractivity contribution in [2.75, 3.05) is 24.7 Å². The van der Waals surface area contributed by atoms with Gasteiger partial charge in [0.2, 0.25) is 16.0 Å². The van der Waals surface area contributed by atoms with Crippen LogP contribution in [0.25, 0.3) is 16.8 Å². The van der Waals surface area contributed by atoms with Gasteiger partial charge in [-0.25, -0.2) is 31.1 Å². The van der Waals surface area contributed by atoms with Crippen LogP contribution in [0.5, 0.6) is 0 Å². The summed E-state index contributed by atoms with van der Waals surface area (Å²) in [5, 5.41) is 17.4. The summed E-state index contributed by atoms with van der Waals surface area (Å²) in [6.07, 6.45) is 1.56. The molecule has 0 bridgehead atoms. The van der Waals surface area contributed by atoms with Crippen LogP contribution in [0.1, 0.15) is 6.42 Å². The highest BCUT2D eigenvalue weighted by Crippen LogP contribution is 2.28. The van der Waals surface area contributed by atoms with E-state index in [-0.39, 0.29) is 35.8 Å². The molecular weight excluding hydrogens is 423 g/mol. The van der Waals surface area contributed by atoms with Crippen LogP contribution in [0.3, 0.4) is 0 Å². The van der Waals surface area contributed by atoms with Crippen LogP contribution >= 0.6 is 0 Å². The molecular formula is C18H18F3N5O3S. The van der Waals surface area contributed by atoms with Crippen LogP contribution in [-0.2, 0) is 10.0 Å². The first-order valence-corrected chi connectivity index (χ1v) is 10.9. The number of sulfonamides is 1. The van der Waals surface area contributed by atoms with Crippen LogP contribution in [-0.4, -0.2) is 63.9 Å². The van der Waals surface area contributed by atoms with Crippen molar-refractivity contribution in [3.8, 4) is 11.3 Å². The first-order valence-electron chi connectivity index (χ1n) is 9.03. The van der Waals surface area contributed by atoms with Gasteiger partial charge in [0, 0.05) is 30.8 Å². The number of β-amino-alcohol motifs (C(OH)–C–C–N with tert-alkyl or cyclic N) is 1. The van der Waals surface area contributed by atoms with Gasteiger partial charge in [-0.05, 0) is 18.6 Å². The molecule has 2 atom stereocenters. The highest BCUT2D eigenvalue weighted by molar-refractivity contribution is 7.88. The Morgan fingerprint density at radius 2 is 1.97 bits per heavy atom. The number of nitrogens with zero attached hydrogens (tertiary/aromatic N) is 4. The minimum atomic E-state index is -3.42. The predicted octanol–water partition coefficient (Wildman–Crippen LogP) is 1.62. The van der Waals surface area contributed by atoms with Crippen molar-refractivity contribution in [2.45, 2.75) is 18.6 Å². The second-order valence-corrected chi connectivity index (χ2v) is 9.09. The lowest BCUT2D eigenvalue weighted by Crippen LogP contribution is -2.51. The third-order valence-electron chi connectivity index (χ3n) is 5.00. The number of benzene rings is 1. The number of aliphatic hydroxyl groups is 1. The summed E-state index contributed by atoms with van der Waals surface area (Å²) < 4.78 is 67.3. The van der Waals surface area contributed by atoms with Crippen molar-refractivity contribution < 1.29 is 26.7 Å². The Morgan fingerprint density at radius 1 is 1.20 bits per heavy atom. The standard InChI is InChI=1S/C18H18F3N5O3S/c1-30(28,29)25-5-4-14(17(27)9-25)23-18-22-8-16-13(21)7-15(26(16)24-18)11-3-2-10(19)6-12(11)20/h2-3,6-8,14,17,27H,4-5,9H2,1H3,(H,23,24)/t14-,17-/m1/s1. The molecule has 1 saturated heterocycles. The van der Waals surface area contributed by atoms with E-state index in [0.29, 0.717) is 12.5 Å². The molecule has 8 nitrogen and oxygen atoms in total. The van der Waals surface area contributed by atoms with Gasteiger partial charge >= 0.3 is 0 Å². The van der Waals surface area contributed by atoms with Gasteiger partial charge in [-0.15, -0.1) is 5.10 Å². The van der Waals surface area contributed by atoms with Crippen LogP contribution < -0.4 is 5.32 Å². The first-order chi connectivity index (χ1) is 14.1. The average molecular weight is 441 g/mol. The number of hydrogen-bond donors (Lipinski definition) is 2. The zero-order valence-corrected chi connectivity index (χ0v) is 16.6. The van der Waals surface area contributed by atoms with E-state index in [1.807, 2.05) is 0 Å². The van der Waals surface area contributed by atoms with Crippen molar-refractivity contribution in [3.63, 3.8) is 0 Å². The molecule has 1 aromatic carbocycles. The summed E-state index contributed by atoms with van der Waals surface area (Å²) in [7, 11) is -3.42. The van der Waals surface area contributed by atoms with Crippen molar-refractivity contribution in [1.29, 1.82) is 0 Å². The molecule has 4 rings (SSSR count). The molecule has 2 N–H and O–H groups in total. The minimum Gasteiger partial charge on any atom is -0.390 e. The van der Waals surface area contributed by atoms with Gasteiger partial charge in [0.15, 0.2) is 5.82 Å². The van der Waals surface area contributed by atoms with E-state index in [1.54, 1.807) is 0 Å². The van der Waals surface area contributed by atoms with Crippen LogP contribution in [0.2, 0.25) is 0 Å². The third kappa shape index (κ3) is 3.85.